The molecule has 0 atom stereocenters. The van der Waals surface area contributed by atoms with Crippen molar-refractivity contribution in [1.29, 1.82) is 0 Å². The van der Waals surface area contributed by atoms with Crippen molar-refractivity contribution < 1.29 is 9.59 Å². The van der Waals surface area contributed by atoms with E-state index in [0.717, 1.165) is 24.9 Å². The van der Waals surface area contributed by atoms with E-state index in [1.807, 2.05) is 47.4 Å². The molecule has 2 aliphatic rings. The molecule has 0 N–H and O–H groups in total. The van der Waals surface area contributed by atoms with Crippen molar-refractivity contribution in [2.75, 3.05) is 11.4 Å². The Labute approximate surface area is 160 Å². The molecule has 1 aliphatic carbocycles. The quantitative estimate of drug-likeness (QED) is 0.807. The van der Waals surface area contributed by atoms with Gasteiger partial charge in [0.15, 0.2) is 0 Å². The maximum Gasteiger partial charge on any atom is 0.331 e. The van der Waals surface area contributed by atoms with E-state index in [-0.39, 0.29) is 17.5 Å². The van der Waals surface area contributed by atoms with E-state index in [1.54, 1.807) is 0 Å². The molecule has 4 heteroatoms. The lowest BCUT2D eigenvalue weighted by Crippen LogP contribution is -2.48. The number of carbonyl (C=O) groups excluding carboxylic acids is 2. The molecule has 1 spiro atoms. The first kappa shape index (κ1) is 17.8. The Bertz CT molecular complexity index is 835. The van der Waals surface area contributed by atoms with Crippen LogP contribution in [0.1, 0.15) is 37.8 Å². The molecule has 1 heterocycles. The van der Waals surface area contributed by atoms with E-state index in [2.05, 4.69) is 26.0 Å². The summed E-state index contributed by atoms with van der Waals surface area (Å²) < 4.78 is 0. The van der Waals surface area contributed by atoms with Crippen LogP contribution in [-0.2, 0) is 17.6 Å². The zero-order valence-electron chi connectivity index (χ0n) is 16.0. The summed E-state index contributed by atoms with van der Waals surface area (Å²) in [5.74, 6) is 0.393. The Hall–Kier alpha value is -2.62. The molecule has 3 amide bonds. The molecule has 4 rings (SSSR count). The van der Waals surface area contributed by atoms with Gasteiger partial charge in [0.25, 0.3) is 0 Å². The number of hydrogen-bond donors (Lipinski definition) is 0. The maximum absolute atomic E-state index is 13.3. The summed E-state index contributed by atoms with van der Waals surface area (Å²) >= 11 is 0. The molecule has 0 aromatic heterocycles. The van der Waals surface area contributed by atoms with E-state index in [0.29, 0.717) is 18.9 Å². The topological polar surface area (TPSA) is 40.6 Å². The summed E-state index contributed by atoms with van der Waals surface area (Å²) in [4.78, 5) is 29.5. The third kappa shape index (κ3) is 3.14. The van der Waals surface area contributed by atoms with Crippen LogP contribution in [0.5, 0.6) is 0 Å². The van der Waals surface area contributed by atoms with E-state index >= 15 is 0 Å². The van der Waals surface area contributed by atoms with Crippen molar-refractivity contribution in [3.8, 4) is 0 Å². The minimum Gasteiger partial charge on any atom is -0.285 e. The summed E-state index contributed by atoms with van der Waals surface area (Å²) in [6.07, 6.45) is 2.81. The van der Waals surface area contributed by atoms with E-state index in [1.165, 1.54) is 16.0 Å². The minimum absolute atomic E-state index is 0.0533. The van der Waals surface area contributed by atoms with Crippen molar-refractivity contribution in [1.82, 2.24) is 4.90 Å². The number of amides is 3. The van der Waals surface area contributed by atoms with Gasteiger partial charge in [-0.2, -0.15) is 0 Å². The smallest absolute Gasteiger partial charge is 0.285 e. The van der Waals surface area contributed by atoms with Crippen LogP contribution in [0, 0.1) is 5.92 Å². The monoisotopic (exact) mass is 362 g/mol. The van der Waals surface area contributed by atoms with Crippen molar-refractivity contribution in [2.45, 2.75) is 45.1 Å². The second-order valence-corrected chi connectivity index (χ2v) is 8.21. The molecule has 4 nitrogen and oxygen atoms in total. The number of anilines is 1. The van der Waals surface area contributed by atoms with E-state index in [9.17, 15) is 9.59 Å². The predicted octanol–water partition coefficient (Wildman–Crippen LogP) is 4.43. The Kier molecular flexibility index (Phi) is 4.50. The average Bonchev–Trinajstić information content (AvgIpc) is 3.17. The lowest BCUT2D eigenvalue weighted by atomic mass is 9.94. The van der Waals surface area contributed by atoms with E-state index in [4.69, 9.17) is 0 Å². The summed E-state index contributed by atoms with van der Waals surface area (Å²) in [5, 5.41) is 0. The molecule has 0 saturated carbocycles. The van der Waals surface area contributed by atoms with Gasteiger partial charge in [0.2, 0.25) is 5.91 Å². The number of nitrogens with zero attached hydrogens (tertiary/aromatic N) is 2. The normalized spacial score (nSPS) is 17.8. The second-order valence-electron chi connectivity index (χ2n) is 8.21. The first-order valence-corrected chi connectivity index (χ1v) is 9.76. The number of fused-ring (bicyclic) bond motifs is 1. The summed E-state index contributed by atoms with van der Waals surface area (Å²) in [6, 6.07) is 18.0. The number of hydrogen-bond acceptors (Lipinski definition) is 2. The van der Waals surface area contributed by atoms with Gasteiger partial charge < -0.3 is 0 Å². The van der Waals surface area contributed by atoms with E-state index < -0.39 is 0 Å². The van der Waals surface area contributed by atoms with Gasteiger partial charge >= 0.3 is 6.03 Å². The molecular weight excluding hydrogens is 336 g/mol. The van der Waals surface area contributed by atoms with Gasteiger partial charge in [-0.25, -0.2) is 4.79 Å². The summed E-state index contributed by atoms with van der Waals surface area (Å²) in [5.41, 5.74) is 3.05. The first-order chi connectivity index (χ1) is 13.0. The number of rotatable bonds is 4. The van der Waals surface area contributed by atoms with Gasteiger partial charge in [0.05, 0.1) is 12.1 Å². The molecule has 27 heavy (non-hydrogen) atoms. The van der Waals surface area contributed by atoms with Crippen LogP contribution >= 0.6 is 0 Å². The standard InChI is InChI=1S/C23H26N2O2/c1-17(2)12-13-21(26)24-16-23(14-18-8-6-7-9-19(18)15-23)25(22(24)27)20-10-4-3-5-11-20/h3-11,17H,12-16H2,1-2H3. The Balaban J connectivity index is 1.69. The highest BCUT2D eigenvalue weighted by Gasteiger charge is 2.54. The highest BCUT2D eigenvalue weighted by molar-refractivity contribution is 6.06. The highest BCUT2D eigenvalue weighted by atomic mass is 16.2. The molecule has 0 radical (unpaired) electrons. The van der Waals surface area contributed by atoms with Gasteiger partial charge in [0.1, 0.15) is 0 Å². The molecule has 0 bridgehead atoms. The number of urea groups is 1. The fourth-order valence-corrected chi connectivity index (χ4v) is 4.40. The predicted molar refractivity (Wildman–Crippen MR) is 107 cm³/mol. The second kappa shape index (κ2) is 6.84. The Morgan fingerprint density at radius 2 is 1.59 bits per heavy atom. The SMILES string of the molecule is CC(C)CCC(=O)N1CC2(Cc3ccccc3C2)N(c2ccccc2)C1=O. The van der Waals surface area contributed by atoms with Crippen molar-refractivity contribution in [3.63, 3.8) is 0 Å². The van der Waals surface area contributed by atoms with Crippen LogP contribution in [0.2, 0.25) is 0 Å². The number of imide groups is 1. The highest BCUT2D eigenvalue weighted by Crippen LogP contribution is 2.42. The Morgan fingerprint density at radius 3 is 2.19 bits per heavy atom. The van der Waals surface area contributed by atoms with Crippen LogP contribution in [-0.4, -0.2) is 28.9 Å². The first-order valence-electron chi connectivity index (χ1n) is 9.76. The number of para-hydroxylation sites is 1. The Morgan fingerprint density at radius 1 is 1.00 bits per heavy atom. The van der Waals surface area contributed by atoms with Crippen LogP contribution in [0.3, 0.4) is 0 Å². The van der Waals surface area contributed by atoms with Gasteiger partial charge in [-0.05, 0) is 48.4 Å². The zero-order valence-corrected chi connectivity index (χ0v) is 16.0. The van der Waals surface area contributed by atoms with Gasteiger partial charge in [-0.3, -0.25) is 14.6 Å². The van der Waals surface area contributed by atoms with Crippen LogP contribution in [0.25, 0.3) is 0 Å². The van der Waals surface area contributed by atoms with Crippen LogP contribution < -0.4 is 4.90 Å². The third-order valence-corrected chi connectivity index (χ3v) is 5.76. The van der Waals surface area contributed by atoms with Gasteiger partial charge in [-0.15, -0.1) is 0 Å². The largest absolute Gasteiger partial charge is 0.331 e. The zero-order chi connectivity index (χ0) is 19.0. The summed E-state index contributed by atoms with van der Waals surface area (Å²) in [7, 11) is 0. The fourth-order valence-electron chi connectivity index (χ4n) is 4.40. The molecule has 1 saturated heterocycles. The molecule has 2 aromatic rings. The summed E-state index contributed by atoms with van der Waals surface area (Å²) in [6.45, 7) is 4.67. The van der Waals surface area contributed by atoms with Crippen LogP contribution in [0.4, 0.5) is 10.5 Å². The fraction of sp³-hybridized carbons (Fsp3) is 0.391. The van der Waals surface area contributed by atoms with Crippen molar-refractivity contribution >= 4 is 17.6 Å². The lowest BCUT2D eigenvalue weighted by Gasteiger charge is -2.33. The molecule has 1 fully saturated rings. The molecule has 2 aromatic carbocycles. The van der Waals surface area contributed by atoms with Crippen molar-refractivity contribution in [2.24, 2.45) is 5.92 Å². The molecule has 1 aliphatic heterocycles. The average molecular weight is 362 g/mol. The number of carbonyl (C=O) groups is 2. The molecule has 0 unspecified atom stereocenters. The van der Waals surface area contributed by atoms with Gasteiger partial charge in [0, 0.05) is 12.1 Å². The van der Waals surface area contributed by atoms with Crippen LogP contribution in [0.15, 0.2) is 54.6 Å². The lowest BCUT2D eigenvalue weighted by molar-refractivity contribution is -0.128. The number of benzene rings is 2. The van der Waals surface area contributed by atoms with Gasteiger partial charge in [-0.1, -0.05) is 56.3 Å². The third-order valence-electron chi connectivity index (χ3n) is 5.76. The molecular formula is C23H26N2O2. The van der Waals surface area contributed by atoms with Crippen molar-refractivity contribution in [3.05, 3.63) is 65.7 Å². The minimum atomic E-state index is -0.379. The molecule has 140 valence electrons. The maximum atomic E-state index is 13.3.